The molecule has 1 N–H and O–H groups in total. The lowest BCUT2D eigenvalue weighted by molar-refractivity contribution is 0.102. The highest BCUT2D eigenvalue weighted by molar-refractivity contribution is 6.03. The summed E-state index contributed by atoms with van der Waals surface area (Å²) in [5.74, 6) is 0.764. The fourth-order valence-corrected chi connectivity index (χ4v) is 2.73. The van der Waals surface area contributed by atoms with Crippen molar-refractivity contribution in [2.45, 2.75) is 13.8 Å². The summed E-state index contributed by atoms with van der Waals surface area (Å²) in [6, 6.07) is 11.1. The molecule has 1 aromatic carbocycles. The van der Waals surface area contributed by atoms with E-state index in [0.29, 0.717) is 23.0 Å². The predicted octanol–water partition coefficient (Wildman–Crippen LogP) is 3.06. The molecular weight excluding hydrogens is 370 g/mol. The number of carbonyl (C=O) groups excluding carboxylic acids is 1. The molecule has 9 nitrogen and oxygen atoms in total. The summed E-state index contributed by atoms with van der Waals surface area (Å²) in [5, 5.41) is 14.9. The van der Waals surface area contributed by atoms with Crippen molar-refractivity contribution in [3.8, 4) is 17.3 Å². The molecule has 0 aliphatic heterocycles. The molecule has 0 atom stereocenters. The van der Waals surface area contributed by atoms with Crippen molar-refractivity contribution in [3.05, 3.63) is 71.9 Å². The lowest BCUT2D eigenvalue weighted by Crippen LogP contribution is -2.14. The third-order valence-electron chi connectivity index (χ3n) is 4.28. The van der Waals surface area contributed by atoms with Crippen molar-refractivity contribution in [1.29, 1.82) is 0 Å². The van der Waals surface area contributed by atoms with Gasteiger partial charge in [0.25, 0.3) is 5.91 Å². The van der Waals surface area contributed by atoms with Crippen LogP contribution in [0.4, 0.5) is 5.69 Å². The summed E-state index contributed by atoms with van der Waals surface area (Å²) in [4.78, 5) is 16.8. The lowest BCUT2D eigenvalue weighted by atomic mass is 10.2. The monoisotopic (exact) mass is 389 g/mol. The smallest absolute Gasteiger partial charge is 0.278 e. The van der Waals surface area contributed by atoms with Gasteiger partial charge in [-0.3, -0.25) is 9.48 Å². The number of amides is 1. The number of anilines is 1. The number of nitrogens with one attached hydrogen (secondary N) is 1. The number of hydrogen-bond acceptors (Lipinski definition) is 6. The first kappa shape index (κ1) is 18.4. The fourth-order valence-electron chi connectivity index (χ4n) is 2.73. The third kappa shape index (κ3) is 3.98. The van der Waals surface area contributed by atoms with E-state index in [4.69, 9.17) is 4.74 Å². The summed E-state index contributed by atoms with van der Waals surface area (Å²) < 4.78 is 8.92. The summed E-state index contributed by atoms with van der Waals surface area (Å²) in [5.41, 5.74) is 3.26. The molecule has 0 bridgehead atoms. The van der Waals surface area contributed by atoms with Gasteiger partial charge < -0.3 is 10.1 Å². The summed E-state index contributed by atoms with van der Waals surface area (Å²) in [6.07, 6.45) is 4.97. The Balaban J connectivity index is 1.45. The largest absolute Gasteiger partial charge is 0.439 e. The van der Waals surface area contributed by atoms with E-state index in [9.17, 15) is 4.79 Å². The number of carbonyl (C=O) groups is 1. The molecule has 0 aliphatic carbocycles. The van der Waals surface area contributed by atoms with Gasteiger partial charge in [-0.2, -0.15) is 5.10 Å². The van der Waals surface area contributed by atoms with Crippen molar-refractivity contribution in [2.24, 2.45) is 7.05 Å². The van der Waals surface area contributed by atoms with Gasteiger partial charge in [0.05, 0.1) is 30.0 Å². The van der Waals surface area contributed by atoms with Crippen LogP contribution in [-0.4, -0.2) is 35.7 Å². The fraction of sp³-hybridized carbons (Fsp3) is 0.150. The molecule has 29 heavy (non-hydrogen) atoms. The molecule has 0 fully saturated rings. The number of pyridine rings is 1. The van der Waals surface area contributed by atoms with Crippen LogP contribution < -0.4 is 10.1 Å². The van der Waals surface area contributed by atoms with Crippen LogP contribution in [0, 0.1) is 13.8 Å². The summed E-state index contributed by atoms with van der Waals surface area (Å²) in [6.45, 7) is 3.79. The molecule has 9 heteroatoms. The van der Waals surface area contributed by atoms with E-state index in [0.717, 1.165) is 11.3 Å². The molecule has 0 aliphatic rings. The summed E-state index contributed by atoms with van der Waals surface area (Å²) >= 11 is 0. The Morgan fingerprint density at radius 1 is 1.07 bits per heavy atom. The molecule has 0 saturated carbocycles. The number of hydrogen-bond donors (Lipinski definition) is 1. The number of aryl methyl sites for hydroxylation is 2. The van der Waals surface area contributed by atoms with Gasteiger partial charge in [0.15, 0.2) is 5.69 Å². The second-order valence-electron chi connectivity index (χ2n) is 6.56. The number of rotatable bonds is 5. The van der Waals surface area contributed by atoms with E-state index in [1.54, 1.807) is 40.8 Å². The molecular formula is C20H19N7O2. The lowest BCUT2D eigenvalue weighted by Gasteiger charge is -2.07. The zero-order chi connectivity index (χ0) is 20.4. The standard InChI is InChI=1S/C20H19N7O2/c1-13-4-7-17(8-5-13)29-18-9-6-15(10-21-18)23-20(28)19-14(2)27(25-24-19)16-11-22-26(3)12-16/h4-12H,1-3H3,(H,23,28). The van der Waals surface area contributed by atoms with Crippen molar-refractivity contribution < 1.29 is 9.53 Å². The SMILES string of the molecule is Cc1ccc(Oc2ccc(NC(=O)c3nnn(-c4cnn(C)c4)c3C)cn2)cc1. The van der Waals surface area contributed by atoms with Gasteiger partial charge in [-0.05, 0) is 32.0 Å². The highest BCUT2D eigenvalue weighted by Crippen LogP contribution is 2.21. The molecule has 146 valence electrons. The van der Waals surface area contributed by atoms with Gasteiger partial charge in [0, 0.05) is 13.1 Å². The first-order valence-electron chi connectivity index (χ1n) is 8.93. The number of benzene rings is 1. The second-order valence-corrected chi connectivity index (χ2v) is 6.56. The molecule has 0 saturated heterocycles. The quantitative estimate of drug-likeness (QED) is 0.563. The third-order valence-corrected chi connectivity index (χ3v) is 4.28. The van der Waals surface area contributed by atoms with Gasteiger partial charge in [-0.25, -0.2) is 9.67 Å². The Hall–Kier alpha value is -4.01. The first-order chi connectivity index (χ1) is 14.0. The maximum atomic E-state index is 12.6. The first-order valence-corrected chi connectivity index (χ1v) is 8.93. The average Bonchev–Trinajstić information content (AvgIpc) is 3.30. The van der Waals surface area contributed by atoms with Crippen LogP contribution in [0.5, 0.6) is 11.6 Å². The van der Waals surface area contributed by atoms with Crippen LogP contribution in [-0.2, 0) is 7.05 Å². The van der Waals surface area contributed by atoms with E-state index in [2.05, 4.69) is 25.7 Å². The molecule has 3 heterocycles. The van der Waals surface area contributed by atoms with Gasteiger partial charge in [-0.1, -0.05) is 22.9 Å². The maximum Gasteiger partial charge on any atom is 0.278 e. The van der Waals surface area contributed by atoms with Crippen molar-refractivity contribution in [3.63, 3.8) is 0 Å². The van der Waals surface area contributed by atoms with E-state index >= 15 is 0 Å². The van der Waals surface area contributed by atoms with Crippen molar-refractivity contribution in [2.75, 3.05) is 5.32 Å². The topological polar surface area (TPSA) is 99.7 Å². The highest BCUT2D eigenvalue weighted by atomic mass is 16.5. The Morgan fingerprint density at radius 3 is 2.52 bits per heavy atom. The van der Waals surface area contributed by atoms with Crippen LogP contribution in [0.25, 0.3) is 5.69 Å². The van der Waals surface area contributed by atoms with Crippen LogP contribution in [0.2, 0.25) is 0 Å². The van der Waals surface area contributed by atoms with Gasteiger partial charge in [0.1, 0.15) is 11.4 Å². The highest BCUT2D eigenvalue weighted by Gasteiger charge is 2.18. The van der Waals surface area contributed by atoms with Crippen molar-refractivity contribution in [1.82, 2.24) is 29.8 Å². The summed E-state index contributed by atoms with van der Waals surface area (Å²) in [7, 11) is 1.81. The van der Waals surface area contributed by atoms with Gasteiger partial charge in [-0.15, -0.1) is 5.10 Å². The molecule has 1 amide bonds. The molecule has 0 unspecified atom stereocenters. The molecule has 0 spiro atoms. The van der Waals surface area contributed by atoms with E-state index in [1.807, 2.05) is 38.2 Å². The minimum atomic E-state index is -0.369. The Labute approximate surface area is 167 Å². The second kappa shape index (κ2) is 7.55. The molecule has 0 radical (unpaired) electrons. The molecule has 4 rings (SSSR count). The number of ether oxygens (including phenoxy) is 1. The normalized spacial score (nSPS) is 10.7. The van der Waals surface area contributed by atoms with Gasteiger partial charge in [0.2, 0.25) is 5.88 Å². The van der Waals surface area contributed by atoms with E-state index < -0.39 is 0 Å². The zero-order valence-electron chi connectivity index (χ0n) is 16.2. The van der Waals surface area contributed by atoms with Crippen LogP contribution in [0.15, 0.2) is 55.0 Å². The van der Waals surface area contributed by atoms with Crippen LogP contribution >= 0.6 is 0 Å². The zero-order valence-corrected chi connectivity index (χ0v) is 16.2. The molecule has 3 aromatic heterocycles. The van der Waals surface area contributed by atoms with E-state index in [-0.39, 0.29) is 11.6 Å². The van der Waals surface area contributed by atoms with Gasteiger partial charge >= 0.3 is 0 Å². The Kier molecular flexibility index (Phi) is 4.78. The molecule has 4 aromatic rings. The minimum Gasteiger partial charge on any atom is -0.439 e. The van der Waals surface area contributed by atoms with E-state index in [1.165, 1.54) is 6.20 Å². The van der Waals surface area contributed by atoms with Crippen LogP contribution in [0.1, 0.15) is 21.7 Å². The number of nitrogens with zero attached hydrogens (tertiary/aromatic N) is 6. The predicted molar refractivity (Wildman–Crippen MR) is 106 cm³/mol. The maximum absolute atomic E-state index is 12.6. The van der Waals surface area contributed by atoms with Crippen molar-refractivity contribution >= 4 is 11.6 Å². The average molecular weight is 389 g/mol. The number of aromatic nitrogens is 6. The Bertz CT molecular complexity index is 1140. The minimum absolute atomic E-state index is 0.230. The van der Waals surface area contributed by atoms with Crippen LogP contribution in [0.3, 0.4) is 0 Å². The Morgan fingerprint density at radius 2 is 1.86 bits per heavy atom.